The first-order valence-electron chi connectivity index (χ1n) is 35.6. The fourth-order valence-corrected chi connectivity index (χ4v) is 11.9. The van der Waals surface area contributed by atoms with Crippen molar-refractivity contribution in [3.63, 3.8) is 0 Å². The summed E-state index contributed by atoms with van der Waals surface area (Å²) in [6.07, 6.45) is 79.1. The van der Waals surface area contributed by atoms with Crippen molar-refractivity contribution >= 4 is 13.7 Å². The minimum atomic E-state index is -4.60. The molecule has 0 spiro atoms. The Morgan fingerprint density at radius 1 is 0.430 bits per heavy atom. The molecule has 0 saturated heterocycles. The lowest BCUT2D eigenvalue weighted by molar-refractivity contribution is -0.870. The van der Waals surface area contributed by atoms with Crippen LogP contribution in [0.15, 0.2) is 12.2 Å². The highest BCUT2D eigenvalue weighted by Crippen LogP contribution is 2.38. The molecular weight excluding hydrogens is 996 g/mol. The maximum atomic E-state index is 13.0. The number of amides is 1. The Hall–Kier alpha value is -0.760. The number of aliphatic hydroxyl groups excluding tert-OH is 1. The van der Waals surface area contributed by atoms with Gasteiger partial charge in [-0.1, -0.05) is 366 Å². The number of hydrogen-bond acceptors (Lipinski definition) is 6. The molecule has 0 aliphatic rings. The number of nitrogens with zero attached hydrogens (tertiary/aromatic N) is 1. The van der Waals surface area contributed by atoms with Crippen LogP contribution in [0.3, 0.4) is 0 Å². The molecule has 0 aromatic carbocycles. The summed E-state index contributed by atoms with van der Waals surface area (Å²) in [5.41, 5.74) is 0. The topological polar surface area (TPSA) is 108 Å². The van der Waals surface area contributed by atoms with Crippen molar-refractivity contribution in [2.75, 3.05) is 40.9 Å². The number of rotatable bonds is 67. The van der Waals surface area contributed by atoms with E-state index >= 15 is 0 Å². The molecule has 0 bridgehead atoms. The fourth-order valence-electron chi connectivity index (χ4n) is 11.2. The molecule has 1 amide bonds. The van der Waals surface area contributed by atoms with Crippen LogP contribution in [-0.2, 0) is 18.4 Å². The predicted octanol–water partition coefficient (Wildman–Crippen LogP) is 21.9. The van der Waals surface area contributed by atoms with Crippen LogP contribution >= 0.6 is 7.82 Å². The molecule has 472 valence electrons. The van der Waals surface area contributed by atoms with Crippen LogP contribution in [0.4, 0.5) is 0 Å². The van der Waals surface area contributed by atoms with E-state index in [-0.39, 0.29) is 19.1 Å². The van der Waals surface area contributed by atoms with Crippen LogP contribution in [0, 0.1) is 0 Å². The first kappa shape index (κ1) is 78.2. The molecule has 3 atom stereocenters. The van der Waals surface area contributed by atoms with Gasteiger partial charge in [0.05, 0.1) is 39.9 Å². The van der Waals surface area contributed by atoms with E-state index in [0.29, 0.717) is 17.4 Å². The zero-order valence-electron chi connectivity index (χ0n) is 54.1. The van der Waals surface area contributed by atoms with E-state index in [1.807, 2.05) is 27.2 Å². The Balaban J connectivity index is 4.02. The minimum Gasteiger partial charge on any atom is -0.756 e. The van der Waals surface area contributed by atoms with Gasteiger partial charge in [0.25, 0.3) is 7.82 Å². The molecule has 8 nitrogen and oxygen atoms in total. The predicted molar refractivity (Wildman–Crippen MR) is 344 cm³/mol. The Morgan fingerprint density at radius 3 is 0.949 bits per heavy atom. The first-order valence-corrected chi connectivity index (χ1v) is 37.0. The lowest BCUT2D eigenvalue weighted by Gasteiger charge is -2.29. The molecule has 9 heteroatoms. The molecule has 0 heterocycles. The molecule has 0 aliphatic heterocycles. The normalized spacial score (nSPS) is 13.7. The number of quaternary nitrogens is 1. The van der Waals surface area contributed by atoms with Crippen LogP contribution in [0.5, 0.6) is 0 Å². The second kappa shape index (κ2) is 61.8. The van der Waals surface area contributed by atoms with Crippen molar-refractivity contribution < 1.29 is 32.9 Å². The molecule has 2 N–H and O–H groups in total. The van der Waals surface area contributed by atoms with Crippen molar-refractivity contribution in [3.8, 4) is 0 Å². The monoisotopic (exact) mass is 1140 g/mol. The number of allylic oxidation sites excluding steroid dienone is 1. The van der Waals surface area contributed by atoms with Gasteiger partial charge in [-0.2, -0.15) is 0 Å². The standard InChI is InChI=1S/C70H141N2O6P/c1-6-8-10-12-14-16-18-20-22-24-26-28-30-32-34-35-36-38-39-41-43-45-47-49-51-53-55-57-59-61-63-69(73)68(67-78-79(75,76)77-66-65-72(3,4)5)71-70(74)64-62-60-58-56-54-52-50-48-46-44-42-40-37-33-31-29-27-25-23-21-19-17-15-13-11-9-7-2/h61,63,68-69,73H,6-60,62,64-67H2,1-5H3,(H-,71,74,75,76)/b63-61+. The maximum absolute atomic E-state index is 13.0. The van der Waals surface area contributed by atoms with Crippen molar-refractivity contribution in [2.24, 2.45) is 0 Å². The summed E-state index contributed by atoms with van der Waals surface area (Å²) < 4.78 is 23.5. The molecule has 79 heavy (non-hydrogen) atoms. The van der Waals surface area contributed by atoms with E-state index < -0.39 is 20.0 Å². The number of carbonyl (C=O) groups excluding carboxylic acids is 1. The number of phosphoric ester groups is 1. The summed E-state index contributed by atoms with van der Waals surface area (Å²) in [6, 6.07) is -0.884. The largest absolute Gasteiger partial charge is 0.756 e. The number of hydrogen-bond donors (Lipinski definition) is 2. The molecule has 3 unspecified atom stereocenters. The van der Waals surface area contributed by atoms with Gasteiger partial charge in [0.15, 0.2) is 0 Å². The van der Waals surface area contributed by atoms with Crippen molar-refractivity contribution in [1.29, 1.82) is 0 Å². The highest BCUT2D eigenvalue weighted by atomic mass is 31.2. The smallest absolute Gasteiger partial charge is 0.268 e. The number of nitrogens with one attached hydrogen (secondary N) is 1. The van der Waals surface area contributed by atoms with E-state index in [9.17, 15) is 19.4 Å². The Morgan fingerprint density at radius 2 is 0.684 bits per heavy atom. The van der Waals surface area contributed by atoms with E-state index in [4.69, 9.17) is 9.05 Å². The van der Waals surface area contributed by atoms with Gasteiger partial charge >= 0.3 is 0 Å². The molecule has 0 fully saturated rings. The third-order valence-corrected chi connectivity index (χ3v) is 17.7. The summed E-state index contributed by atoms with van der Waals surface area (Å²) in [7, 11) is 1.29. The van der Waals surface area contributed by atoms with E-state index in [1.165, 1.54) is 321 Å². The lowest BCUT2D eigenvalue weighted by Crippen LogP contribution is -2.45. The van der Waals surface area contributed by atoms with Crippen LogP contribution in [0.1, 0.15) is 380 Å². The summed E-state index contributed by atoms with van der Waals surface area (Å²) in [6.45, 7) is 4.73. The zero-order valence-corrected chi connectivity index (χ0v) is 55.0. The molecule has 0 aromatic heterocycles. The summed E-state index contributed by atoms with van der Waals surface area (Å²) >= 11 is 0. The van der Waals surface area contributed by atoms with Crippen LogP contribution in [0.25, 0.3) is 0 Å². The van der Waals surface area contributed by atoms with Crippen molar-refractivity contribution in [1.82, 2.24) is 5.32 Å². The van der Waals surface area contributed by atoms with Gasteiger partial charge in [0.2, 0.25) is 5.91 Å². The minimum absolute atomic E-state index is 0.00304. The molecule has 0 saturated carbocycles. The third-order valence-electron chi connectivity index (χ3n) is 16.7. The SMILES string of the molecule is CCCCCCCCCCCCCCCCCCCCCCCCCCCCCC/C=C/C(O)C(COP(=O)([O-])OCC[N+](C)(C)C)NC(=O)CCCCCCCCCCCCCCCCCCCCCCCCCCCCC. The number of carbonyl (C=O) groups is 1. The van der Waals surface area contributed by atoms with Crippen LogP contribution in [-0.4, -0.2) is 68.5 Å². The van der Waals surface area contributed by atoms with Gasteiger partial charge in [-0.05, 0) is 19.3 Å². The van der Waals surface area contributed by atoms with E-state index in [1.54, 1.807) is 6.08 Å². The number of unbranched alkanes of at least 4 members (excludes halogenated alkanes) is 54. The highest BCUT2D eigenvalue weighted by Gasteiger charge is 2.23. The van der Waals surface area contributed by atoms with Gasteiger partial charge in [-0.15, -0.1) is 0 Å². The average Bonchev–Trinajstić information content (AvgIpc) is 3.42. The van der Waals surface area contributed by atoms with Gasteiger partial charge in [0, 0.05) is 6.42 Å². The molecule has 0 aliphatic carbocycles. The second-order valence-electron chi connectivity index (χ2n) is 26.0. The number of likely N-dealkylation sites (N-methyl/N-ethyl adjacent to an activating group) is 1. The maximum Gasteiger partial charge on any atom is 0.268 e. The Labute approximate surface area is 494 Å². The van der Waals surface area contributed by atoms with Gasteiger partial charge in [-0.25, -0.2) is 0 Å². The summed E-state index contributed by atoms with van der Waals surface area (Å²) in [4.78, 5) is 25.6. The molecule has 0 radical (unpaired) electrons. The van der Waals surface area contributed by atoms with Gasteiger partial charge in [-0.3, -0.25) is 9.36 Å². The number of phosphoric acid groups is 1. The molecular formula is C70H141N2O6P. The quantitative estimate of drug-likeness (QED) is 0.0272. The van der Waals surface area contributed by atoms with Gasteiger partial charge < -0.3 is 28.8 Å². The van der Waals surface area contributed by atoms with Crippen LogP contribution in [0.2, 0.25) is 0 Å². The summed E-state index contributed by atoms with van der Waals surface area (Å²) in [5.74, 6) is -0.187. The zero-order chi connectivity index (χ0) is 57.7. The third kappa shape index (κ3) is 64.7. The van der Waals surface area contributed by atoms with E-state index in [2.05, 4.69) is 19.2 Å². The Bertz CT molecular complexity index is 1290. The van der Waals surface area contributed by atoms with Crippen LogP contribution < -0.4 is 10.2 Å². The Kier molecular flexibility index (Phi) is 61.2. The lowest BCUT2D eigenvalue weighted by atomic mass is 10.0. The molecule has 0 aromatic rings. The van der Waals surface area contributed by atoms with Crippen molar-refractivity contribution in [3.05, 3.63) is 12.2 Å². The van der Waals surface area contributed by atoms with Crippen molar-refractivity contribution in [2.45, 2.75) is 392 Å². The molecule has 0 rings (SSSR count). The fraction of sp³-hybridized carbons (Fsp3) is 0.957. The summed E-state index contributed by atoms with van der Waals surface area (Å²) in [5, 5.41) is 14.0. The highest BCUT2D eigenvalue weighted by molar-refractivity contribution is 7.45. The van der Waals surface area contributed by atoms with E-state index in [0.717, 1.165) is 38.5 Å². The van der Waals surface area contributed by atoms with Gasteiger partial charge in [0.1, 0.15) is 13.2 Å². The first-order chi connectivity index (χ1) is 38.5. The number of aliphatic hydroxyl groups is 1. The second-order valence-corrected chi connectivity index (χ2v) is 27.4. The average molecular weight is 1140 g/mol.